The Hall–Kier alpha value is -2.27. The summed E-state index contributed by atoms with van der Waals surface area (Å²) >= 11 is 3.35. The third kappa shape index (κ3) is 2.40. The van der Waals surface area contributed by atoms with Crippen LogP contribution >= 0.6 is 15.9 Å². The van der Waals surface area contributed by atoms with E-state index in [1.54, 1.807) is 30.3 Å². The smallest absolute Gasteiger partial charge is 0.291 e. The summed E-state index contributed by atoms with van der Waals surface area (Å²) in [6, 6.07) is 13.7. The number of nitrogens with one attached hydrogen (secondary N) is 1. The van der Waals surface area contributed by atoms with Crippen LogP contribution in [-0.2, 0) is 0 Å². The summed E-state index contributed by atoms with van der Waals surface area (Å²) in [6.45, 7) is 0. The Balaban J connectivity index is 1.91. The molecule has 0 saturated heterocycles. The molecule has 3 rings (SSSR count). The highest BCUT2D eigenvalue weighted by molar-refractivity contribution is 9.10. The summed E-state index contributed by atoms with van der Waals surface area (Å²) in [5.74, 6) is -0.195. The highest BCUT2D eigenvalue weighted by atomic mass is 79.9. The minimum absolute atomic E-state index is 0.0136. The Labute approximate surface area is 123 Å². The van der Waals surface area contributed by atoms with Crippen LogP contribution in [0.15, 0.2) is 57.4 Å². The van der Waals surface area contributed by atoms with Gasteiger partial charge in [0, 0.05) is 9.86 Å². The molecule has 2 N–H and O–H groups in total. The summed E-state index contributed by atoms with van der Waals surface area (Å²) in [5.41, 5.74) is 0.973. The van der Waals surface area contributed by atoms with Gasteiger partial charge in [0.05, 0.1) is 5.69 Å². The van der Waals surface area contributed by atoms with E-state index in [0.29, 0.717) is 11.3 Å². The molecule has 0 aliphatic carbocycles. The van der Waals surface area contributed by atoms with Gasteiger partial charge in [0.1, 0.15) is 11.3 Å². The molecule has 0 aliphatic heterocycles. The second kappa shape index (κ2) is 5.02. The first kappa shape index (κ1) is 12.7. The largest absolute Gasteiger partial charge is 0.506 e. The van der Waals surface area contributed by atoms with Gasteiger partial charge in [-0.1, -0.05) is 28.1 Å². The van der Waals surface area contributed by atoms with Crippen molar-refractivity contribution in [1.29, 1.82) is 0 Å². The third-order valence-corrected chi connectivity index (χ3v) is 3.35. The highest BCUT2D eigenvalue weighted by Crippen LogP contribution is 2.26. The molecule has 1 aromatic heterocycles. The van der Waals surface area contributed by atoms with Gasteiger partial charge in [-0.25, -0.2) is 0 Å². The fourth-order valence-corrected chi connectivity index (χ4v) is 2.22. The van der Waals surface area contributed by atoms with Crippen molar-refractivity contribution < 1.29 is 14.3 Å². The molecule has 0 radical (unpaired) electrons. The van der Waals surface area contributed by atoms with Crippen LogP contribution in [0.5, 0.6) is 5.75 Å². The number of halogens is 1. The van der Waals surface area contributed by atoms with Crippen molar-refractivity contribution in [2.45, 2.75) is 0 Å². The fourth-order valence-electron chi connectivity index (χ4n) is 1.88. The molecule has 0 saturated carbocycles. The fraction of sp³-hybridized carbons (Fsp3) is 0. The molecule has 0 bridgehead atoms. The lowest BCUT2D eigenvalue weighted by Gasteiger charge is -2.04. The predicted octanol–water partition coefficient (Wildman–Crippen LogP) is 4.15. The summed E-state index contributed by atoms with van der Waals surface area (Å²) in [5, 5.41) is 13.1. The van der Waals surface area contributed by atoms with E-state index in [9.17, 15) is 9.90 Å². The highest BCUT2D eigenvalue weighted by Gasteiger charge is 2.14. The normalized spacial score (nSPS) is 10.7. The molecule has 1 heterocycles. The maximum Gasteiger partial charge on any atom is 0.291 e. The van der Waals surface area contributed by atoms with Gasteiger partial charge in [-0.05, 0) is 36.4 Å². The maximum atomic E-state index is 12.1. The predicted molar refractivity (Wildman–Crippen MR) is 80.0 cm³/mol. The molecule has 2 aromatic carbocycles. The SMILES string of the molecule is O=C(Nc1ccccc1O)c1cc2ccc(Br)cc2o1. The number of phenols is 1. The van der Waals surface area contributed by atoms with E-state index in [1.807, 2.05) is 12.1 Å². The third-order valence-electron chi connectivity index (χ3n) is 2.86. The average molecular weight is 332 g/mol. The minimum Gasteiger partial charge on any atom is -0.506 e. The monoisotopic (exact) mass is 331 g/mol. The summed E-state index contributed by atoms with van der Waals surface area (Å²) in [4.78, 5) is 12.1. The first-order chi connectivity index (χ1) is 9.63. The van der Waals surface area contributed by atoms with Crippen molar-refractivity contribution in [2.75, 3.05) is 5.32 Å². The quantitative estimate of drug-likeness (QED) is 0.693. The van der Waals surface area contributed by atoms with E-state index in [2.05, 4.69) is 21.2 Å². The van der Waals surface area contributed by atoms with E-state index in [1.165, 1.54) is 6.07 Å². The molecule has 20 heavy (non-hydrogen) atoms. The second-order valence-electron chi connectivity index (χ2n) is 4.26. The zero-order chi connectivity index (χ0) is 14.1. The van der Waals surface area contributed by atoms with Crippen LogP contribution in [0, 0.1) is 0 Å². The van der Waals surface area contributed by atoms with Crippen molar-refractivity contribution in [2.24, 2.45) is 0 Å². The van der Waals surface area contributed by atoms with Crippen LogP contribution in [0.25, 0.3) is 11.0 Å². The second-order valence-corrected chi connectivity index (χ2v) is 5.18. The Morgan fingerprint density at radius 1 is 1.15 bits per heavy atom. The first-order valence-electron chi connectivity index (χ1n) is 5.92. The first-order valence-corrected chi connectivity index (χ1v) is 6.71. The van der Waals surface area contributed by atoms with Gasteiger partial charge in [0.15, 0.2) is 5.76 Å². The topological polar surface area (TPSA) is 62.5 Å². The number of rotatable bonds is 2. The number of phenolic OH excluding ortho intramolecular Hbond substituents is 1. The molecule has 1 amide bonds. The van der Waals surface area contributed by atoms with E-state index >= 15 is 0 Å². The number of hydrogen-bond donors (Lipinski definition) is 2. The van der Waals surface area contributed by atoms with Gasteiger partial charge >= 0.3 is 0 Å². The van der Waals surface area contributed by atoms with Gasteiger partial charge in [0.2, 0.25) is 0 Å². The number of amides is 1. The molecular weight excluding hydrogens is 322 g/mol. The number of aromatic hydroxyl groups is 1. The number of para-hydroxylation sites is 2. The van der Waals surface area contributed by atoms with Gasteiger partial charge in [-0.3, -0.25) is 4.79 Å². The van der Waals surface area contributed by atoms with E-state index in [0.717, 1.165) is 9.86 Å². The number of hydrogen-bond acceptors (Lipinski definition) is 3. The number of fused-ring (bicyclic) bond motifs is 1. The van der Waals surface area contributed by atoms with Crippen LogP contribution in [0.1, 0.15) is 10.6 Å². The van der Waals surface area contributed by atoms with E-state index < -0.39 is 5.91 Å². The number of anilines is 1. The van der Waals surface area contributed by atoms with E-state index in [4.69, 9.17) is 4.42 Å². The van der Waals surface area contributed by atoms with Crippen LogP contribution in [0.2, 0.25) is 0 Å². The van der Waals surface area contributed by atoms with Gasteiger partial charge in [-0.2, -0.15) is 0 Å². The van der Waals surface area contributed by atoms with Crippen molar-refractivity contribution in [3.63, 3.8) is 0 Å². The molecular formula is C15H10BrNO3. The van der Waals surface area contributed by atoms with Gasteiger partial charge in [0.25, 0.3) is 5.91 Å². The van der Waals surface area contributed by atoms with Crippen molar-refractivity contribution in [3.8, 4) is 5.75 Å². The molecule has 0 atom stereocenters. The molecule has 4 nitrogen and oxygen atoms in total. The number of carbonyl (C=O) groups excluding carboxylic acids is 1. The zero-order valence-corrected chi connectivity index (χ0v) is 11.8. The zero-order valence-electron chi connectivity index (χ0n) is 10.3. The molecule has 3 aromatic rings. The summed E-state index contributed by atoms with van der Waals surface area (Å²) in [7, 11) is 0. The lowest BCUT2D eigenvalue weighted by molar-refractivity contribution is 0.0998. The number of carbonyl (C=O) groups is 1. The molecule has 100 valence electrons. The van der Waals surface area contributed by atoms with Crippen molar-refractivity contribution in [1.82, 2.24) is 0 Å². The average Bonchev–Trinajstić information content (AvgIpc) is 2.84. The maximum absolute atomic E-state index is 12.1. The molecule has 0 aliphatic rings. The standard InChI is InChI=1S/C15H10BrNO3/c16-10-6-5-9-7-14(20-13(9)8-10)15(19)17-11-3-1-2-4-12(11)18/h1-8,18H,(H,17,19). The van der Waals surface area contributed by atoms with Gasteiger partial charge in [-0.15, -0.1) is 0 Å². The molecule has 0 unspecified atom stereocenters. The van der Waals surface area contributed by atoms with Crippen LogP contribution < -0.4 is 5.32 Å². The Morgan fingerprint density at radius 3 is 2.75 bits per heavy atom. The van der Waals surface area contributed by atoms with Gasteiger partial charge < -0.3 is 14.8 Å². The molecule has 5 heteroatoms. The number of furan rings is 1. The van der Waals surface area contributed by atoms with Crippen molar-refractivity contribution in [3.05, 3.63) is 58.8 Å². The van der Waals surface area contributed by atoms with Crippen molar-refractivity contribution >= 4 is 38.5 Å². The Morgan fingerprint density at radius 2 is 1.95 bits per heavy atom. The number of benzene rings is 2. The Bertz CT molecular complexity index is 795. The lowest BCUT2D eigenvalue weighted by atomic mass is 10.2. The summed E-state index contributed by atoms with van der Waals surface area (Å²) < 4.78 is 6.38. The Kier molecular flexibility index (Phi) is 3.20. The lowest BCUT2D eigenvalue weighted by Crippen LogP contribution is -2.10. The van der Waals surface area contributed by atoms with Crippen LogP contribution in [0.3, 0.4) is 0 Å². The van der Waals surface area contributed by atoms with E-state index in [-0.39, 0.29) is 11.5 Å². The molecule has 0 spiro atoms. The minimum atomic E-state index is -0.404. The van der Waals surface area contributed by atoms with Crippen LogP contribution in [0.4, 0.5) is 5.69 Å². The van der Waals surface area contributed by atoms with Crippen LogP contribution in [-0.4, -0.2) is 11.0 Å². The summed E-state index contributed by atoms with van der Waals surface area (Å²) in [6.07, 6.45) is 0. The molecule has 0 fully saturated rings.